The Bertz CT molecular complexity index is 614. The Hall–Kier alpha value is -1.34. The fourth-order valence-corrected chi connectivity index (χ4v) is 3.89. The van der Waals surface area contributed by atoms with E-state index in [0.29, 0.717) is 0 Å². The molecule has 0 aliphatic heterocycles. The summed E-state index contributed by atoms with van der Waals surface area (Å²) in [7, 11) is 0. The van der Waals surface area contributed by atoms with E-state index >= 15 is 0 Å². The molecule has 2 aromatic rings. The van der Waals surface area contributed by atoms with Crippen LogP contribution in [0.25, 0.3) is 17.2 Å². The monoisotopic (exact) mass is 240 g/mol. The summed E-state index contributed by atoms with van der Waals surface area (Å²) in [4.78, 5) is 2.92. The summed E-state index contributed by atoms with van der Waals surface area (Å²) in [6.07, 6.45) is 3.47. The zero-order valence-electron chi connectivity index (χ0n) is 10.5. The maximum atomic E-state index is 2.34. The molecule has 0 radical (unpaired) electrons. The Morgan fingerprint density at radius 2 is 1.82 bits per heavy atom. The van der Waals surface area contributed by atoms with Crippen molar-refractivity contribution in [1.82, 2.24) is 0 Å². The first-order chi connectivity index (χ1) is 8.16. The molecule has 1 aromatic carbocycles. The molecule has 1 aliphatic carbocycles. The second-order valence-corrected chi connectivity index (χ2v) is 6.11. The average Bonchev–Trinajstić information content (AvgIpc) is 2.75. The summed E-state index contributed by atoms with van der Waals surface area (Å²) in [5.74, 6) is 0. The summed E-state index contributed by atoms with van der Waals surface area (Å²) in [6.45, 7) is 6.67. The predicted octanol–water partition coefficient (Wildman–Crippen LogP) is 4.99. The summed E-state index contributed by atoms with van der Waals surface area (Å²) in [6, 6.07) is 8.71. The van der Waals surface area contributed by atoms with Crippen molar-refractivity contribution in [3.05, 3.63) is 50.7 Å². The third kappa shape index (κ3) is 1.66. The van der Waals surface area contributed by atoms with Crippen molar-refractivity contribution in [3.63, 3.8) is 0 Å². The van der Waals surface area contributed by atoms with Gasteiger partial charge in [-0.15, -0.1) is 11.3 Å². The molecule has 0 atom stereocenters. The third-order valence-electron chi connectivity index (χ3n) is 3.46. The van der Waals surface area contributed by atoms with Crippen LogP contribution in [0, 0.1) is 13.8 Å². The lowest BCUT2D eigenvalue weighted by Gasteiger charge is -2.08. The number of rotatable bonds is 1. The standard InChI is InChI=1S/C16H16S/c1-10-8-14-15(9-10)17-12(3)16(14)13-7-5-4-6-11(13)2/h4-7,9H,8H2,1-3H3. The van der Waals surface area contributed by atoms with E-state index in [1.807, 2.05) is 11.3 Å². The number of thiophene rings is 1. The van der Waals surface area contributed by atoms with E-state index in [1.54, 1.807) is 5.56 Å². The van der Waals surface area contributed by atoms with E-state index in [0.717, 1.165) is 6.42 Å². The Morgan fingerprint density at radius 1 is 1.06 bits per heavy atom. The first-order valence-electron chi connectivity index (χ1n) is 6.02. The molecule has 3 rings (SSSR count). The molecular weight excluding hydrogens is 224 g/mol. The molecule has 0 spiro atoms. The smallest absolute Gasteiger partial charge is 0.0314 e. The van der Waals surface area contributed by atoms with Gasteiger partial charge < -0.3 is 0 Å². The third-order valence-corrected chi connectivity index (χ3v) is 4.56. The van der Waals surface area contributed by atoms with Crippen LogP contribution in [0.2, 0.25) is 0 Å². The van der Waals surface area contributed by atoms with Crippen LogP contribution in [0.15, 0.2) is 29.8 Å². The van der Waals surface area contributed by atoms with Gasteiger partial charge in [-0.2, -0.15) is 0 Å². The van der Waals surface area contributed by atoms with Gasteiger partial charge in [0.2, 0.25) is 0 Å². The van der Waals surface area contributed by atoms with Gasteiger partial charge in [0.05, 0.1) is 0 Å². The lowest BCUT2D eigenvalue weighted by molar-refractivity contribution is 1.20. The highest BCUT2D eigenvalue weighted by Gasteiger charge is 2.20. The minimum absolute atomic E-state index is 1.13. The number of hydrogen-bond acceptors (Lipinski definition) is 1. The van der Waals surface area contributed by atoms with Crippen molar-refractivity contribution in [2.24, 2.45) is 0 Å². The number of benzene rings is 1. The van der Waals surface area contributed by atoms with Gasteiger partial charge in [-0.25, -0.2) is 0 Å². The zero-order valence-corrected chi connectivity index (χ0v) is 11.3. The Labute approximate surface area is 107 Å². The van der Waals surface area contributed by atoms with E-state index in [4.69, 9.17) is 0 Å². The van der Waals surface area contributed by atoms with E-state index < -0.39 is 0 Å². The highest BCUT2D eigenvalue weighted by atomic mass is 32.1. The van der Waals surface area contributed by atoms with Crippen molar-refractivity contribution in [3.8, 4) is 11.1 Å². The number of allylic oxidation sites excluding steroid dienone is 1. The van der Waals surface area contributed by atoms with Crippen LogP contribution >= 0.6 is 11.3 Å². The van der Waals surface area contributed by atoms with E-state index in [9.17, 15) is 0 Å². The van der Waals surface area contributed by atoms with Crippen LogP contribution in [0.5, 0.6) is 0 Å². The van der Waals surface area contributed by atoms with E-state index in [2.05, 4.69) is 51.1 Å². The van der Waals surface area contributed by atoms with Gasteiger partial charge in [-0.3, -0.25) is 0 Å². The molecule has 0 nitrogen and oxygen atoms in total. The highest BCUT2D eigenvalue weighted by Crippen LogP contribution is 2.42. The number of fused-ring (bicyclic) bond motifs is 1. The van der Waals surface area contributed by atoms with Gasteiger partial charge in [0.15, 0.2) is 0 Å². The average molecular weight is 240 g/mol. The minimum Gasteiger partial charge on any atom is -0.140 e. The second-order valence-electron chi connectivity index (χ2n) is 4.86. The van der Waals surface area contributed by atoms with Crippen LogP contribution in [0.1, 0.15) is 27.8 Å². The van der Waals surface area contributed by atoms with Gasteiger partial charge in [0.1, 0.15) is 0 Å². The maximum Gasteiger partial charge on any atom is 0.0314 e. The lowest BCUT2D eigenvalue weighted by atomic mass is 9.96. The first-order valence-corrected chi connectivity index (χ1v) is 6.84. The van der Waals surface area contributed by atoms with Crippen molar-refractivity contribution in [2.75, 3.05) is 0 Å². The summed E-state index contributed by atoms with van der Waals surface area (Å²) >= 11 is 1.93. The number of aryl methyl sites for hydroxylation is 2. The lowest BCUT2D eigenvalue weighted by Crippen LogP contribution is -1.88. The molecule has 0 amide bonds. The second kappa shape index (κ2) is 3.85. The van der Waals surface area contributed by atoms with Crippen LogP contribution in [0.4, 0.5) is 0 Å². The molecule has 0 bridgehead atoms. The molecule has 0 saturated heterocycles. The molecule has 86 valence electrons. The van der Waals surface area contributed by atoms with Crippen molar-refractivity contribution >= 4 is 17.4 Å². The summed E-state index contributed by atoms with van der Waals surface area (Å²) in [5, 5.41) is 0. The molecule has 1 heteroatoms. The highest BCUT2D eigenvalue weighted by molar-refractivity contribution is 7.13. The van der Waals surface area contributed by atoms with Gasteiger partial charge in [0, 0.05) is 9.75 Å². The molecule has 0 N–H and O–H groups in total. The van der Waals surface area contributed by atoms with Gasteiger partial charge >= 0.3 is 0 Å². The number of hydrogen-bond donors (Lipinski definition) is 0. The van der Waals surface area contributed by atoms with Gasteiger partial charge in [-0.1, -0.05) is 29.8 Å². The predicted molar refractivity (Wildman–Crippen MR) is 76.6 cm³/mol. The first kappa shape index (κ1) is 10.8. The maximum absolute atomic E-state index is 2.34. The van der Waals surface area contributed by atoms with Gasteiger partial charge in [0.25, 0.3) is 0 Å². The quantitative estimate of drug-likeness (QED) is 0.658. The molecule has 0 saturated carbocycles. The zero-order chi connectivity index (χ0) is 12.0. The topological polar surface area (TPSA) is 0 Å². The Morgan fingerprint density at radius 3 is 2.59 bits per heavy atom. The van der Waals surface area contributed by atoms with Crippen molar-refractivity contribution in [1.29, 1.82) is 0 Å². The van der Waals surface area contributed by atoms with E-state index in [1.165, 1.54) is 32.0 Å². The molecule has 17 heavy (non-hydrogen) atoms. The fraction of sp³-hybridized carbons (Fsp3) is 0.250. The van der Waals surface area contributed by atoms with Crippen molar-refractivity contribution < 1.29 is 0 Å². The van der Waals surface area contributed by atoms with Crippen LogP contribution in [0.3, 0.4) is 0 Å². The Balaban J connectivity index is 2.22. The molecule has 1 aliphatic rings. The van der Waals surface area contributed by atoms with Crippen LogP contribution in [-0.2, 0) is 6.42 Å². The molecule has 0 fully saturated rings. The summed E-state index contributed by atoms with van der Waals surface area (Å²) in [5.41, 5.74) is 7.29. The molecule has 0 unspecified atom stereocenters. The largest absolute Gasteiger partial charge is 0.140 e. The van der Waals surface area contributed by atoms with Gasteiger partial charge in [-0.05, 0) is 55.5 Å². The normalized spacial score (nSPS) is 13.7. The molecular formula is C16H16S. The van der Waals surface area contributed by atoms with E-state index in [-0.39, 0.29) is 0 Å². The molecule has 1 aromatic heterocycles. The van der Waals surface area contributed by atoms with Crippen molar-refractivity contribution in [2.45, 2.75) is 27.2 Å². The van der Waals surface area contributed by atoms with Crippen LogP contribution in [-0.4, -0.2) is 0 Å². The van der Waals surface area contributed by atoms with Crippen LogP contribution < -0.4 is 0 Å². The minimum atomic E-state index is 1.13. The Kier molecular flexibility index (Phi) is 2.44. The SMILES string of the molecule is CC1=Cc2sc(C)c(-c3ccccc3C)c2C1. The fourth-order valence-electron chi connectivity index (χ4n) is 2.66. The summed E-state index contributed by atoms with van der Waals surface area (Å²) < 4.78 is 0. The molecule has 1 heterocycles.